The minimum absolute atomic E-state index is 0.0435. The number of unbranched alkanes of at least 4 members (excludes halogenated alkanes) is 2. The number of anilines is 1. The van der Waals surface area contributed by atoms with Gasteiger partial charge in [-0.15, -0.1) is 11.3 Å². The number of Topliss-reactive ketones (excluding diaryl/α,β-unsaturated/α-hetero) is 1. The number of amides is 1. The summed E-state index contributed by atoms with van der Waals surface area (Å²) in [5.74, 6) is -0.0741. The number of benzene rings is 2. The smallest absolute Gasteiger partial charge is 0.300 e. The quantitative estimate of drug-likeness (QED) is 0.147. The summed E-state index contributed by atoms with van der Waals surface area (Å²) in [6, 6.07) is 13.1. The van der Waals surface area contributed by atoms with Crippen LogP contribution in [0.1, 0.15) is 48.2 Å². The number of aliphatic hydroxyl groups excluding tert-OH is 1. The van der Waals surface area contributed by atoms with Gasteiger partial charge < -0.3 is 19.3 Å². The fourth-order valence-electron chi connectivity index (χ4n) is 4.39. The molecule has 4 rings (SSSR count). The van der Waals surface area contributed by atoms with Gasteiger partial charge in [-0.1, -0.05) is 19.8 Å². The third kappa shape index (κ3) is 5.20. The van der Waals surface area contributed by atoms with Gasteiger partial charge in [0, 0.05) is 22.2 Å². The standard InChI is InChI=1S/C29H31NO6S/c1-5-6-7-15-36-21-11-8-19(9-12-21)26(31)24-25(28-18(2)14-16-37-28)30(29(33)27(24)32)20-10-13-22(34-3)23(17-20)35-4/h8-14,16-17,25,31H,5-7,15H2,1-4H3/b26-24-. The molecule has 0 bridgehead atoms. The van der Waals surface area contributed by atoms with Gasteiger partial charge in [0.15, 0.2) is 11.5 Å². The Bertz CT molecular complexity index is 1310. The van der Waals surface area contributed by atoms with Crippen molar-refractivity contribution in [3.05, 3.63) is 75.5 Å². The lowest BCUT2D eigenvalue weighted by Crippen LogP contribution is -2.29. The third-order valence-electron chi connectivity index (χ3n) is 6.38. The number of aryl methyl sites for hydroxylation is 1. The molecule has 0 saturated carbocycles. The van der Waals surface area contributed by atoms with Crippen LogP contribution in [0.15, 0.2) is 59.5 Å². The number of ketones is 1. The van der Waals surface area contributed by atoms with E-state index in [0.29, 0.717) is 35.1 Å². The van der Waals surface area contributed by atoms with E-state index < -0.39 is 17.7 Å². The fourth-order valence-corrected chi connectivity index (χ4v) is 5.42. The average molecular weight is 522 g/mol. The van der Waals surface area contributed by atoms with E-state index in [1.165, 1.54) is 30.5 Å². The number of hydrogen-bond donors (Lipinski definition) is 1. The van der Waals surface area contributed by atoms with E-state index >= 15 is 0 Å². The zero-order chi connectivity index (χ0) is 26.5. The highest BCUT2D eigenvalue weighted by atomic mass is 32.1. The van der Waals surface area contributed by atoms with Crippen molar-refractivity contribution in [3.8, 4) is 17.2 Å². The van der Waals surface area contributed by atoms with E-state index in [9.17, 15) is 14.7 Å². The van der Waals surface area contributed by atoms with E-state index in [4.69, 9.17) is 14.2 Å². The van der Waals surface area contributed by atoms with Crippen LogP contribution in [-0.2, 0) is 9.59 Å². The minimum atomic E-state index is -0.789. The summed E-state index contributed by atoms with van der Waals surface area (Å²) in [4.78, 5) is 29.0. The topological polar surface area (TPSA) is 85.3 Å². The van der Waals surface area contributed by atoms with Crippen LogP contribution in [0.3, 0.4) is 0 Å². The second kappa shape index (κ2) is 11.5. The van der Waals surface area contributed by atoms with Crippen molar-refractivity contribution in [1.82, 2.24) is 0 Å². The molecular weight excluding hydrogens is 490 g/mol. The molecule has 1 aromatic heterocycles. The van der Waals surface area contributed by atoms with Crippen LogP contribution in [0.5, 0.6) is 17.2 Å². The maximum absolute atomic E-state index is 13.4. The molecule has 0 radical (unpaired) electrons. The highest BCUT2D eigenvalue weighted by Gasteiger charge is 2.48. The van der Waals surface area contributed by atoms with Gasteiger partial charge in [-0.3, -0.25) is 14.5 Å². The Hall–Kier alpha value is -3.78. The number of ether oxygens (including phenoxy) is 3. The number of rotatable bonds is 10. The van der Waals surface area contributed by atoms with E-state index in [1.54, 1.807) is 42.5 Å². The van der Waals surface area contributed by atoms with Crippen LogP contribution in [0, 0.1) is 6.92 Å². The molecule has 2 heterocycles. The number of methoxy groups -OCH3 is 2. The number of hydrogen-bond acceptors (Lipinski definition) is 7. The molecule has 8 heteroatoms. The summed E-state index contributed by atoms with van der Waals surface area (Å²) in [5, 5.41) is 13.3. The molecule has 0 spiro atoms. The van der Waals surface area contributed by atoms with E-state index in [2.05, 4.69) is 6.92 Å². The van der Waals surface area contributed by atoms with Gasteiger partial charge in [0.2, 0.25) is 0 Å². The second-order valence-corrected chi connectivity index (χ2v) is 9.70. The number of aliphatic hydroxyl groups is 1. The van der Waals surface area contributed by atoms with Crippen LogP contribution < -0.4 is 19.1 Å². The number of carbonyl (C=O) groups is 2. The molecule has 1 aliphatic rings. The Labute approximate surface area is 220 Å². The Morgan fingerprint density at radius 3 is 2.35 bits per heavy atom. The number of thiophene rings is 1. The molecule has 0 aliphatic carbocycles. The van der Waals surface area contributed by atoms with Crippen molar-refractivity contribution >= 4 is 34.5 Å². The van der Waals surface area contributed by atoms with E-state index in [0.717, 1.165) is 29.7 Å². The van der Waals surface area contributed by atoms with Crippen LogP contribution >= 0.6 is 11.3 Å². The first-order chi connectivity index (χ1) is 17.9. The summed E-state index contributed by atoms with van der Waals surface area (Å²) in [6.45, 7) is 4.68. The monoisotopic (exact) mass is 521 g/mol. The summed E-state index contributed by atoms with van der Waals surface area (Å²) >= 11 is 1.43. The minimum Gasteiger partial charge on any atom is -0.507 e. The first kappa shape index (κ1) is 26.3. The molecule has 1 N–H and O–H groups in total. The van der Waals surface area contributed by atoms with Crippen LogP contribution in [0.25, 0.3) is 5.76 Å². The first-order valence-corrected chi connectivity index (χ1v) is 13.1. The molecule has 37 heavy (non-hydrogen) atoms. The highest BCUT2D eigenvalue weighted by molar-refractivity contribution is 7.10. The third-order valence-corrected chi connectivity index (χ3v) is 7.46. The van der Waals surface area contributed by atoms with Gasteiger partial charge in [-0.2, -0.15) is 0 Å². The maximum atomic E-state index is 13.4. The Morgan fingerprint density at radius 2 is 1.73 bits per heavy atom. The molecule has 7 nitrogen and oxygen atoms in total. The molecule has 1 aliphatic heterocycles. The van der Waals surface area contributed by atoms with Crippen molar-refractivity contribution in [2.45, 2.75) is 39.2 Å². The molecule has 2 aromatic carbocycles. The average Bonchev–Trinajstić information content (AvgIpc) is 3.45. The number of nitrogens with zero attached hydrogens (tertiary/aromatic N) is 1. The van der Waals surface area contributed by atoms with Crippen molar-refractivity contribution in [1.29, 1.82) is 0 Å². The van der Waals surface area contributed by atoms with Crippen molar-refractivity contribution < 1.29 is 28.9 Å². The second-order valence-electron chi connectivity index (χ2n) is 8.76. The predicted molar refractivity (Wildman–Crippen MR) is 145 cm³/mol. The van der Waals surface area contributed by atoms with Crippen molar-refractivity contribution in [2.24, 2.45) is 0 Å². The SMILES string of the molecule is CCCCCOc1ccc(/C(O)=C2/C(=O)C(=O)N(c3ccc(OC)c(OC)c3)C2c2sccc2C)cc1. The Morgan fingerprint density at radius 1 is 1.00 bits per heavy atom. The van der Waals surface area contributed by atoms with E-state index in [1.807, 2.05) is 18.4 Å². The van der Waals surface area contributed by atoms with Crippen molar-refractivity contribution in [3.63, 3.8) is 0 Å². The van der Waals surface area contributed by atoms with Crippen LogP contribution in [-0.4, -0.2) is 37.6 Å². The lowest BCUT2D eigenvalue weighted by atomic mass is 9.98. The molecule has 1 saturated heterocycles. The van der Waals surface area contributed by atoms with Gasteiger partial charge in [0.05, 0.1) is 26.4 Å². The van der Waals surface area contributed by atoms with Gasteiger partial charge in [0.25, 0.3) is 11.7 Å². The first-order valence-electron chi connectivity index (χ1n) is 12.2. The molecule has 1 atom stereocenters. The predicted octanol–water partition coefficient (Wildman–Crippen LogP) is 6.27. The molecule has 1 amide bonds. The zero-order valence-corrected chi connectivity index (χ0v) is 22.3. The zero-order valence-electron chi connectivity index (χ0n) is 21.4. The van der Waals surface area contributed by atoms with Gasteiger partial charge >= 0.3 is 0 Å². The Balaban J connectivity index is 1.77. The summed E-state index contributed by atoms with van der Waals surface area (Å²) < 4.78 is 16.5. The lowest BCUT2D eigenvalue weighted by molar-refractivity contribution is -0.132. The largest absolute Gasteiger partial charge is 0.507 e. The lowest BCUT2D eigenvalue weighted by Gasteiger charge is -2.25. The molecule has 1 unspecified atom stereocenters. The normalized spacial score (nSPS) is 16.8. The molecule has 1 fully saturated rings. The highest BCUT2D eigenvalue weighted by Crippen LogP contribution is 2.46. The Kier molecular flexibility index (Phi) is 8.18. The van der Waals surface area contributed by atoms with Crippen molar-refractivity contribution in [2.75, 3.05) is 25.7 Å². The van der Waals surface area contributed by atoms with Gasteiger partial charge in [-0.05, 0) is 66.8 Å². The van der Waals surface area contributed by atoms with Crippen LogP contribution in [0.2, 0.25) is 0 Å². The molecule has 194 valence electrons. The van der Waals surface area contributed by atoms with E-state index in [-0.39, 0.29) is 11.3 Å². The maximum Gasteiger partial charge on any atom is 0.300 e. The summed E-state index contributed by atoms with van der Waals surface area (Å²) in [6.07, 6.45) is 3.18. The van der Waals surface area contributed by atoms with Crippen LogP contribution in [0.4, 0.5) is 5.69 Å². The number of carbonyl (C=O) groups excluding carboxylic acids is 2. The summed E-state index contributed by atoms with van der Waals surface area (Å²) in [7, 11) is 3.04. The van der Waals surface area contributed by atoms with Gasteiger partial charge in [-0.25, -0.2) is 0 Å². The molecular formula is C29H31NO6S. The summed E-state index contributed by atoms with van der Waals surface area (Å²) in [5.41, 5.74) is 1.86. The fraction of sp³-hybridized carbons (Fsp3) is 0.310. The molecule has 3 aromatic rings. The van der Waals surface area contributed by atoms with Gasteiger partial charge in [0.1, 0.15) is 17.6 Å².